The molecule has 0 spiro atoms. The third-order valence-corrected chi connectivity index (χ3v) is 0.943. The fourth-order valence-electron chi connectivity index (χ4n) is 0.263. The highest BCUT2D eigenvalue weighted by atomic mass is 79.9. The van der Waals surface area contributed by atoms with Crippen LogP contribution in [-0.2, 0) is 0 Å². The molecule has 0 heterocycles. The molecule has 0 bridgehead atoms. The van der Waals surface area contributed by atoms with Crippen LogP contribution in [0.4, 0.5) is 0 Å². The lowest BCUT2D eigenvalue weighted by Crippen LogP contribution is -1.55. The van der Waals surface area contributed by atoms with E-state index in [-0.39, 0.29) is 28.6 Å². The molecule has 0 aliphatic heterocycles. The summed E-state index contributed by atoms with van der Waals surface area (Å²) in [6.45, 7) is 0. The Morgan fingerprint density at radius 2 is 2.29 bits per heavy atom. The lowest BCUT2D eigenvalue weighted by molar-refractivity contribution is 1.66. The Balaban J connectivity index is 3.46. The Morgan fingerprint density at radius 1 is 1.43 bits per heavy atom. The van der Waals surface area contributed by atoms with Gasteiger partial charge in [0.1, 0.15) is 0 Å². The zero-order valence-corrected chi connectivity index (χ0v) is 5.04. The number of halogens is 1. The van der Waals surface area contributed by atoms with Crippen LogP contribution in [0.1, 0.15) is 5.48 Å². The fourth-order valence-corrected chi connectivity index (χ4v) is 0.476. The van der Waals surface area contributed by atoms with Crippen molar-refractivity contribution in [2.45, 2.75) is 0 Å². The minimum absolute atomic E-state index is 0.0796. The van der Waals surface area contributed by atoms with Crippen molar-refractivity contribution in [2.24, 2.45) is 0 Å². The van der Waals surface area contributed by atoms with Crippen LogP contribution in [0.2, 0.25) is 0 Å². The van der Waals surface area contributed by atoms with E-state index in [1.54, 1.807) is 0 Å². The molecule has 0 aliphatic carbocycles. The maximum atomic E-state index is 7.25. The van der Waals surface area contributed by atoms with Crippen molar-refractivity contribution in [3.63, 3.8) is 0 Å². The van der Waals surface area contributed by atoms with Gasteiger partial charge in [0.15, 0.2) is 0 Å². The van der Waals surface area contributed by atoms with Crippen molar-refractivity contribution in [2.75, 3.05) is 0 Å². The minimum atomic E-state index is -0.145. The van der Waals surface area contributed by atoms with Crippen LogP contribution in [0.25, 0.3) is 0 Å². The van der Waals surface area contributed by atoms with Gasteiger partial charge in [0, 0.05) is 4.47 Å². The molecular weight excluding hydrogens is 152 g/mol. The maximum Gasteiger partial charge on any atom is 0.0635 e. The summed E-state index contributed by atoms with van der Waals surface area (Å²) >= 11 is 2.99. The smallest absolute Gasteiger partial charge is 0.0622 e. The zero-order chi connectivity index (χ0) is 8.59. The first kappa shape index (κ1) is 1.90. The van der Waals surface area contributed by atoms with Crippen LogP contribution in [0, 0.1) is 0 Å². The third-order valence-electron chi connectivity index (χ3n) is 0.515. The first-order valence-corrected chi connectivity index (χ1v) is 2.56. The van der Waals surface area contributed by atoms with Gasteiger partial charge in [-0.15, -0.1) is 0 Å². The Labute approximate surface area is 56.9 Å². The Bertz CT molecular complexity index is 271. The van der Waals surface area contributed by atoms with Gasteiger partial charge in [-0.2, -0.15) is 0 Å². The summed E-state index contributed by atoms with van der Waals surface area (Å²) in [5, 5.41) is 0. The first-order chi connectivity index (χ1) is 5.04. The number of benzene rings is 1. The molecule has 0 saturated carbocycles. The highest BCUT2D eigenvalue weighted by Gasteiger charge is 1.74. The molecular formula is C6H5Br. The van der Waals surface area contributed by atoms with E-state index >= 15 is 0 Å². The van der Waals surface area contributed by atoms with Crippen molar-refractivity contribution in [3.8, 4) is 0 Å². The van der Waals surface area contributed by atoms with Gasteiger partial charge in [0.2, 0.25) is 0 Å². The second kappa shape index (κ2) is 2.12. The monoisotopic (exact) mass is 160 g/mol. The molecule has 1 aromatic carbocycles. The van der Waals surface area contributed by atoms with Crippen molar-refractivity contribution in [3.05, 3.63) is 34.7 Å². The second-order valence-electron chi connectivity index (χ2n) is 0.997. The van der Waals surface area contributed by atoms with E-state index in [9.17, 15) is 0 Å². The van der Waals surface area contributed by atoms with Crippen molar-refractivity contribution >= 4 is 15.9 Å². The number of hydrogen-bond donors (Lipinski definition) is 0. The van der Waals surface area contributed by atoms with Crippen LogP contribution >= 0.6 is 15.9 Å². The van der Waals surface area contributed by atoms with Crippen LogP contribution in [0.5, 0.6) is 0 Å². The fraction of sp³-hybridized carbons (Fsp3) is 0. The molecule has 1 aromatic rings. The molecule has 0 nitrogen and oxygen atoms in total. The predicted molar refractivity (Wildman–Crippen MR) is 34.1 cm³/mol. The molecule has 1 rings (SSSR count). The van der Waals surface area contributed by atoms with E-state index in [4.69, 9.17) is 5.48 Å². The predicted octanol–water partition coefficient (Wildman–Crippen LogP) is 2.45. The lowest BCUT2D eigenvalue weighted by atomic mass is 10.4. The van der Waals surface area contributed by atoms with E-state index in [0.29, 0.717) is 0 Å². The highest BCUT2D eigenvalue weighted by Crippen LogP contribution is 2.05. The van der Waals surface area contributed by atoms with Gasteiger partial charge in [-0.1, -0.05) is 34.1 Å². The SMILES string of the molecule is [2H]c1cc([2H])c(Br)c([2H])c1[2H]. The highest BCUT2D eigenvalue weighted by molar-refractivity contribution is 9.10. The van der Waals surface area contributed by atoms with Crippen LogP contribution in [0.3, 0.4) is 0 Å². The van der Waals surface area contributed by atoms with E-state index in [2.05, 4.69) is 15.9 Å². The second-order valence-corrected chi connectivity index (χ2v) is 1.79. The van der Waals surface area contributed by atoms with Gasteiger partial charge in [-0.05, 0) is 12.1 Å². The van der Waals surface area contributed by atoms with E-state index in [0.717, 1.165) is 0 Å². The molecule has 36 valence electrons. The van der Waals surface area contributed by atoms with Crippen molar-refractivity contribution < 1.29 is 5.48 Å². The van der Waals surface area contributed by atoms with E-state index in [1.165, 1.54) is 6.07 Å². The largest absolute Gasteiger partial charge is 0.0635 e. The molecule has 0 fully saturated rings. The van der Waals surface area contributed by atoms with Gasteiger partial charge in [-0.3, -0.25) is 0 Å². The number of rotatable bonds is 0. The topological polar surface area (TPSA) is 0 Å². The summed E-state index contributed by atoms with van der Waals surface area (Å²) in [5.74, 6) is 0. The van der Waals surface area contributed by atoms with Gasteiger partial charge in [-0.25, -0.2) is 0 Å². The molecule has 0 saturated heterocycles. The Hall–Kier alpha value is -0.300. The minimum Gasteiger partial charge on any atom is -0.0622 e. The Kier molecular flexibility index (Phi) is 0.577. The molecule has 0 aromatic heterocycles. The van der Waals surface area contributed by atoms with E-state index in [1.807, 2.05) is 0 Å². The quantitative estimate of drug-likeness (QED) is 0.548. The first-order valence-electron chi connectivity index (χ1n) is 3.77. The summed E-state index contributed by atoms with van der Waals surface area (Å²) in [4.78, 5) is 0. The van der Waals surface area contributed by atoms with E-state index < -0.39 is 0 Å². The Morgan fingerprint density at radius 3 is 3.14 bits per heavy atom. The summed E-state index contributed by atoms with van der Waals surface area (Å²) in [7, 11) is 0. The molecule has 0 N–H and O–H groups in total. The lowest BCUT2D eigenvalue weighted by Gasteiger charge is -1.80. The van der Waals surface area contributed by atoms with Crippen molar-refractivity contribution in [1.29, 1.82) is 0 Å². The molecule has 1 heteroatoms. The molecule has 0 aliphatic rings. The molecule has 0 amide bonds. The third kappa shape index (κ3) is 1.32. The molecule has 0 atom stereocenters. The average molecular weight is 161 g/mol. The summed E-state index contributed by atoms with van der Waals surface area (Å²) in [5.41, 5.74) is 0. The normalized spacial score (nSPS) is 16.7. The van der Waals surface area contributed by atoms with Crippen LogP contribution in [-0.4, -0.2) is 0 Å². The molecule has 0 unspecified atom stereocenters. The zero-order valence-electron chi connectivity index (χ0n) is 7.46. The van der Waals surface area contributed by atoms with Crippen molar-refractivity contribution in [1.82, 2.24) is 0 Å². The maximum absolute atomic E-state index is 7.25. The summed E-state index contributed by atoms with van der Waals surface area (Å²) < 4.78 is 29.1. The van der Waals surface area contributed by atoms with Crippen LogP contribution in [0.15, 0.2) is 34.7 Å². The summed E-state index contributed by atoms with van der Waals surface area (Å²) in [6.07, 6.45) is 0. The van der Waals surface area contributed by atoms with Gasteiger partial charge >= 0.3 is 0 Å². The van der Waals surface area contributed by atoms with Crippen LogP contribution < -0.4 is 0 Å². The van der Waals surface area contributed by atoms with Gasteiger partial charge < -0.3 is 0 Å². The summed E-state index contributed by atoms with van der Waals surface area (Å²) in [6, 6.07) is 0.999. The standard InChI is InChI=1S/C6H5Br/c7-6-4-2-1-3-5-6/h1-5H/i1D,2D,4D,5D. The van der Waals surface area contributed by atoms with Gasteiger partial charge in [0.25, 0.3) is 0 Å². The number of hydrogen-bond acceptors (Lipinski definition) is 0. The molecule has 7 heavy (non-hydrogen) atoms. The van der Waals surface area contributed by atoms with Gasteiger partial charge in [0.05, 0.1) is 5.48 Å². The average Bonchev–Trinajstić information content (AvgIpc) is 1.97. The molecule has 0 radical (unpaired) electrons.